The zero-order valence-electron chi connectivity index (χ0n) is 20.1. The third kappa shape index (κ3) is 3.91. The van der Waals surface area contributed by atoms with E-state index < -0.39 is 5.54 Å². The minimum Gasteiger partial charge on any atom is -0.369 e. The number of nitrogens with zero attached hydrogens (tertiary/aromatic N) is 4. The molecule has 0 spiro atoms. The number of guanidine groups is 1. The third-order valence-electron chi connectivity index (χ3n) is 7.29. The van der Waals surface area contributed by atoms with E-state index >= 15 is 0 Å². The number of nitrogens with two attached hydrogens (primary N) is 1. The lowest BCUT2D eigenvalue weighted by atomic mass is 9.72. The van der Waals surface area contributed by atoms with Gasteiger partial charge >= 0.3 is 0 Å². The molecule has 2 amide bonds. The van der Waals surface area contributed by atoms with Gasteiger partial charge in [0.05, 0.1) is 11.6 Å². The lowest BCUT2D eigenvalue weighted by Crippen LogP contribution is -2.49. The zero-order chi connectivity index (χ0) is 25.3. The molecule has 0 aliphatic carbocycles. The van der Waals surface area contributed by atoms with Gasteiger partial charge in [-0.2, -0.15) is 5.26 Å². The van der Waals surface area contributed by atoms with Crippen molar-refractivity contribution in [3.8, 4) is 17.2 Å². The average molecular weight is 478 g/mol. The Bertz CT molecular complexity index is 1390. The van der Waals surface area contributed by atoms with Gasteiger partial charge in [-0.3, -0.25) is 14.5 Å². The second-order valence-corrected chi connectivity index (χ2v) is 9.31. The minimum atomic E-state index is -1.13. The van der Waals surface area contributed by atoms with Crippen LogP contribution in [-0.2, 0) is 10.3 Å². The van der Waals surface area contributed by atoms with Gasteiger partial charge in [-0.05, 0) is 53.8 Å². The number of likely N-dealkylation sites (tertiary alicyclic amines) is 1. The van der Waals surface area contributed by atoms with Crippen molar-refractivity contribution in [2.75, 3.05) is 20.1 Å². The van der Waals surface area contributed by atoms with Crippen LogP contribution in [0.3, 0.4) is 0 Å². The first kappa shape index (κ1) is 23.3. The van der Waals surface area contributed by atoms with Crippen molar-refractivity contribution in [1.29, 1.82) is 5.26 Å². The summed E-state index contributed by atoms with van der Waals surface area (Å²) in [5, 5.41) is 9.17. The Morgan fingerprint density at radius 3 is 2.36 bits per heavy atom. The summed E-state index contributed by atoms with van der Waals surface area (Å²) in [5.41, 5.74) is 8.89. The topological polar surface area (TPSA) is 103 Å². The minimum absolute atomic E-state index is 0.108. The van der Waals surface area contributed by atoms with Gasteiger partial charge < -0.3 is 10.6 Å². The summed E-state index contributed by atoms with van der Waals surface area (Å²) in [6.45, 7) is 0.986. The summed E-state index contributed by atoms with van der Waals surface area (Å²) in [7, 11) is 1.66. The Morgan fingerprint density at radius 2 is 1.69 bits per heavy atom. The molecule has 7 nitrogen and oxygen atoms in total. The molecule has 5 rings (SSSR count). The molecule has 1 unspecified atom stereocenters. The molecular weight excluding hydrogens is 450 g/mol. The summed E-state index contributed by atoms with van der Waals surface area (Å²) in [6.07, 6.45) is 1.21. The predicted molar refractivity (Wildman–Crippen MR) is 138 cm³/mol. The van der Waals surface area contributed by atoms with Crippen molar-refractivity contribution in [3.05, 3.63) is 95.6 Å². The lowest BCUT2D eigenvalue weighted by molar-refractivity contribution is -0.133. The molecule has 3 aromatic rings. The van der Waals surface area contributed by atoms with E-state index in [-0.39, 0.29) is 23.7 Å². The van der Waals surface area contributed by atoms with Gasteiger partial charge in [0.2, 0.25) is 0 Å². The number of hydrogen-bond acceptors (Lipinski definition) is 5. The first-order valence-electron chi connectivity index (χ1n) is 12.0. The van der Waals surface area contributed by atoms with Crippen LogP contribution < -0.4 is 5.73 Å². The highest BCUT2D eigenvalue weighted by Crippen LogP contribution is 2.45. The van der Waals surface area contributed by atoms with Crippen LogP contribution in [0.4, 0.5) is 0 Å². The van der Waals surface area contributed by atoms with E-state index in [0.717, 1.165) is 16.7 Å². The van der Waals surface area contributed by atoms with Crippen LogP contribution >= 0.6 is 0 Å². The molecule has 2 heterocycles. The maximum atomic E-state index is 13.7. The highest BCUT2D eigenvalue weighted by atomic mass is 16.2. The van der Waals surface area contributed by atoms with Gasteiger partial charge in [0.25, 0.3) is 11.8 Å². The molecule has 0 saturated carbocycles. The highest BCUT2D eigenvalue weighted by Gasteiger charge is 2.54. The van der Waals surface area contributed by atoms with Crippen LogP contribution in [0.25, 0.3) is 11.1 Å². The third-order valence-corrected chi connectivity index (χ3v) is 7.29. The Hall–Kier alpha value is -4.44. The molecule has 7 heteroatoms. The fraction of sp³-hybridized carbons (Fsp3) is 0.241. The molecule has 0 radical (unpaired) electrons. The second kappa shape index (κ2) is 9.31. The number of nitriles is 1. The standard InChI is InChI=1S/C29H27N5O2/c1-33-27(36)29(32-28(33)31,25-12-6-10-22(18-25)21-8-3-2-4-9-21)24-13-15-34(16-14-24)26(35)23-11-5-7-20(17-23)19-30/h2-12,17-18,24H,13-16H2,1H3,(H2,31,32). The van der Waals surface area contributed by atoms with Crippen LogP contribution in [-0.4, -0.2) is 47.7 Å². The summed E-state index contributed by atoms with van der Waals surface area (Å²) in [6, 6.07) is 26.8. The number of aliphatic imine (C=N–C) groups is 1. The van der Waals surface area contributed by atoms with Gasteiger partial charge in [-0.25, -0.2) is 4.99 Å². The number of rotatable bonds is 4. The quantitative estimate of drug-likeness (QED) is 0.618. The van der Waals surface area contributed by atoms with Gasteiger partial charge in [0.15, 0.2) is 11.5 Å². The largest absolute Gasteiger partial charge is 0.369 e. The molecule has 0 bridgehead atoms. The van der Waals surface area contributed by atoms with Crippen molar-refractivity contribution in [2.45, 2.75) is 18.4 Å². The van der Waals surface area contributed by atoms with Crippen LogP contribution in [0.5, 0.6) is 0 Å². The van der Waals surface area contributed by atoms with Crippen LogP contribution in [0.2, 0.25) is 0 Å². The first-order chi connectivity index (χ1) is 17.4. The normalized spacial score (nSPS) is 20.2. The number of piperidine rings is 1. The predicted octanol–water partition coefficient (Wildman–Crippen LogP) is 3.76. The number of likely N-dealkylation sites (N-methyl/N-ethyl adjacent to an activating group) is 1. The molecule has 2 N–H and O–H groups in total. The lowest BCUT2D eigenvalue weighted by Gasteiger charge is -2.40. The number of carbonyl (C=O) groups excluding carboxylic acids is 2. The molecule has 3 aromatic carbocycles. The van der Waals surface area contributed by atoms with Gasteiger partial charge in [0.1, 0.15) is 0 Å². The molecule has 1 atom stereocenters. The first-order valence-corrected chi connectivity index (χ1v) is 12.0. The summed E-state index contributed by atoms with van der Waals surface area (Å²) >= 11 is 0. The van der Waals surface area contributed by atoms with Crippen molar-refractivity contribution in [3.63, 3.8) is 0 Å². The molecule has 0 aromatic heterocycles. The van der Waals surface area contributed by atoms with E-state index in [1.807, 2.05) is 54.6 Å². The number of carbonyl (C=O) groups is 2. The molecular formula is C29H27N5O2. The summed E-state index contributed by atoms with van der Waals surface area (Å²) < 4.78 is 0. The SMILES string of the molecule is CN1C(=O)C(c2cccc(-c3ccccc3)c2)(C2CCN(C(=O)c3cccc(C#N)c3)CC2)N=C1N. The van der Waals surface area contributed by atoms with Crippen LogP contribution in [0.1, 0.15) is 34.3 Å². The van der Waals surface area contributed by atoms with E-state index in [1.54, 1.807) is 36.2 Å². The zero-order valence-corrected chi connectivity index (χ0v) is 20.1. The van der Waals surface area contributed by atoms with E-state index in [1.165, 1.54) is 4.90 Å². The maximum Gasteiger partial charge on any atom is 0.261 e. The van der Waals surface area contributed by atoms with Crippen molar-refractivity contribution < 1.29 is 9.59 Å². The Kier molecular flexibility index (Phi) is 6.03. The molecule has 2 aliphatic heterocycles. The fourth-order valence-electron chi connectivity index (χ4n) is 5.32. The number of amides is 2. The number of benzene rings is 3. The molecule has 180 valence electrons. The molecule has 1 saturated heterocycles. The van der Waals surface area contributed by atoms with E-state index in [0.29, 0.717) is 37.1 Å². The maximum absolute atomic E-state index is 13.7. The Balaban J connectivity index is 1.45. The van der Waals surface area contributed by atoms with E-state index in [2.05, 4.69) is 6.07 Å². The monoisotopic (exact) mass is 477 g/mol. The molecule has 1 fully saturated rings. The van der Waals surface area contributed by atoms with Crippen molar-refractivity contribution in [2.24, 2.45) is 16.6 Å². The average Bonchev–Trinajstić information content (AvgIpc) is 3.18. The van der Waals surface area contributed by atoms with Gasteiger partial charge in [0, 0.05) is 31.6 Å². The summed E-state index contributed by atoms with van der Waals surface area (Å²) in [4.78, 5) is 34.8. The highest BCUT2D eigenvalue weighted by molar-refractivity contribution is 6.07. The van der Waals surface area contributed by atoms with E-state index in [9.17, 15) is 14.9 Å². The summed E-state index contributed by atoms with van der Waals surface area (Å²) in [5.74, 6) is -0.161. The fourth-order valence-corrected chi connectivity index (χ4v) is 5.32. The number of hydrogen-bond donors (Lipinski definition) is 1. The smallest absolute Gasteiger partial charge is 0.261 e. The van der Waals surface area contributed by atoms with Crippen molar-refractivity contribution >= 4 is 17.8 Å². The van der Waals surface area contributed by atoms with E-state index in [4.69, 9.17) is 10.7 Å². The van der Waals surface area contributed by atoms with Crippen molar-refractivity contribution in [1.82, 2.24) is 9.80 Å². The second-order valence-electron chi connectivity index (χ2n) is 9.31. The molecule has 2 aliphatic rings. The van der Waals surface area contributed by atoms with Gasteiger partial charge in [-0.1, -0.05) is 54.6 Å². The molecule has 36 heavy (non-hydrogen) atoms. The Labute approximate surface area is 210 Å². The van der Waals surface area contributed by atoms with Crippen LogP contribution in [0.15, 0.2) is 83.9 Å². The Morgan fingerprint density at radius 1 is 1.00 bits per heavy atom. The van der Waals surface area contributed by atoms with Gasteiger partial charge in [-0.15, -0.1) is 0 Å². The van der Waals surface area contributed by atoms with Crippen LogP contribution in [0, 0.1) is 17.2 Å².